The van der Waals surface area contributed by atoms with Crippen molar-refractivity contribution in [1.82, 2.24) is 0 Å². The Hall–Kier alpha value is 0.350. The second-order valence-electron chi connectivity index (χ2n) is 3.58. The fourth-order valence-corrected chi connectivity index (χ4v) is 1.76. The molecule has 0 saturated carbocycles. The zero-order valence-electron chi connectivity index (χ0n) is 8.39. The van der Waals surface area contributed by atoms with Crippen LogP contribution in [0.1, 0.15) is 47.0 Å². The number of thioether (sulfide) groups is 1. The molecule has 0 spiro atoms. The maximum Gasteiger partial charge on any atom is -0.000968 e. The fraction of sp³-hybridized carbons (Fsp3) is 1.00. The molecule has 68 valence electrons. The predicted molar refractivity (Wildman–Crippen MR) is 56.3 cm³/mol. The molecule has 0 aromatic rings. The normalized spacial score (nSPS) is 13.9. The zero-order chi connectivity index (χ0) is 8.69. The quantitative estimate of drug-likeness (QED) is 0.549. The van der Waals surface area contributed by atoms with Gasteiger partial charge < -0.3 is 0 Å². The molecule has 0 saturated heterocycles. The minimum Gasteiger partial charge on any atom is -0.159 e. The lowest BCUT2D eigenvalue weighted by Gasteiger charge is -2.08. The highest BCUT2D eigenvalue weighted by Crippen LogP contribution is 2.15. The average Bonchev–Trinajstić information content (AvgIpc) is 1.97. The third-order valence-corrected chi connectivity index (χ3v) is 3.18. The van der Waals surface area contributed by atoms with Gasteiger partial charge in [0.25, 0.3) is 0 Å². The van der Waals surface area contributed by atoms with Crippen LogP contribution in [0.5, 0.6) is 0 Å². The van der Waals surface area contributed by atoms with Gasteiger partial charge in [0.2, 0.25) is 0 Å². The first-order valence-corrected chi connectivity index (χ1v) is 5.83. The van der Waals surface area contributed by atoms with E-state index in [4.69, 9.17) is 0 Å². The Morgan fingerprint density at radius 3 is 2.27 bits per heavy atom. The van der Waals surface area contributed by atoms with E-state index in [9.17, 15) is 0 Å². The maximum absolute atomic E-state index is 2.35. The summed E-state index contributed by atoms with van der Waals surface area (Å²) >= 11 is 2.08. The van der Waals surface area contributed by atoms with Gasteiger partial charge in [0, 0.05) is 0 Å². The van der Waals surface area contributed by atoms with Crippen LogP contribution in [0.2, 0.25) is 0 Å². The molecule has 0 bridgehead atoms. The molecule has 0 N–H and O–H groups in total. The van der Waals surface area contributed by atoms with E-state index >= 15 is 0 Å². The predicted octanol–water partition coefficient (Wildman–Crippen LogP) is 3.95. The Balaban J connectivity index is 3.01. The molecule has 0 heterocycles. The molecule has 0 aliphatic heterocycles. The highest BCUT2D eigenvalue weighted by molar-refractivity contribution is 7.99. The maximum atomic E-state index is 2.35. The van der Waals surface area contributed by atoms with E-state index in [0.717, 1.165) is 11.2 Å². The van der Waals surface area contributed by atoms with Crippen molar-refractivity contribution in [3.8, 4) is 0 Å². The first-order valence-electron chi connectivity index (χ1n) is 4.78. The van der Waals surface area contributed by atoms with Gasteiger partial charge in [0.15, 0.2) is 0 Å². The van der Waals surface area contributed by atoms with Gasteiger partial charge in [0.1, 0.15) is 0 Å². The Morgan fingerprint density at radius 1 is 1.18 bits per heavy atom. The van der Waals surface area contributed by atoms with Crippen molar-refractivity contribution in [2.24, 2.45) is 5.92 Å². The van der Waals surface area contributed by atoms with Gasteiger partial charge >= 0.3 is 0 Å². The standard InChI is InChI=1S/C10H22S/c1-5-10(4)7-6-8-11-9(2)3/h9-10H,5-8H2,1-4H3. The molecule has 1 atom stereocenters. The molecule has 1 heteroatoms. The van der Waals surface area contributed by atoms with Gasteiger partial charge in [-0.2, -0.15) is 11.8 Å². The molecule has 0 aromatic heterocycles. The van der Waals surface area contributed by atoms with E-state index in [1.165, 1.54) is 25.0 Å². The Labute approximate surface area is 76.1 Å². The van der Waals surface area contributed by atoms with Gasteiger partial charge in [-0.05, 0) is 29.8 Å². The second-order valence-corrected chi connectivity index (χ2v) is 5.26. The molecule has 1 unspecified atom stereocenters. The molecule has 0 rings (SSSR count). The van der Waals surface area contributed by atoms with Crippen molar-refractivity contribution in [2.75, 3.05) is 5.75 Å². The summed E-state index contributed by atoms with van der Waals surface area (Å²) in [6, 6.07) is 0. The smallest absolute Gasteiger partial charge is 0.000968 e. The molecule has 11 heavy (non-hydrogen) atoms. The summed E-state index contributed by atoms with van der Waals surface area (Å²) in [4.78, 5) is 0. The van der Waals surface area contributed by atoms with Gasteiger partial charge in [-0.3, -0.25) is 0 Å². The van der Waals surface area contributed by atoms with Crippen molar-refractivity contribution < 1.29 is 0 Å². The highest BCUT2D eigenvalue weighted by atomic mass is 32.2. The molecule has 0 fully saturated rings. The highest BCUT2D eigenvalue weighted by Gasteiger charge is 1.98. The molecule has 0 amide bonds. The summed E-state index contributed by atoms with van der Waals surface area (Å²) in [6.45, 7) is 9.17. The summed E-state index contributed by atoms with van der Waals surface area (Å²) < 4.78 is 0. The molecular weight excluding hydrogens is 152 g/mol. The van der Waals surface area contributed by atoms with Gasteiger partial charge in [-0.25, -0.2) is 0 Å². The monoisotopic (exact) mass is 174 g/mol. The summed E-state index contributed by atoms with van der Waals surface area (Å²) in [6.07, 6.45) is 4.15. The van der Waals surface area contributed by atoms with E-state index in [2.05, 4.69) is 39.5 Å². The molecule has 0 nitrogen and oxygen atoms in total. The largest absolute Gasteiger partial charge is 0.159 e. The van der Waals surface area contributed by atoms with Crippen LogP contribution in [-0.4, -0.2) is 11.0 Å². The minimum atomic E-state index is 0.812. The molecule has 0 aromatic carbocycles. The third kappa shape index (κ3) is 8.25. The SMILES string of the molecule is CCC(C)CCCSC(C)C. The van der Waals surface area contributed by atoms with Crippen molar-refractivity contribution in [3.63, 3.8) is 0 Å². The van der Waals surface area contributed by atoms with Crippen LogP contribution in [0, 0.1) is 5.92 Å². The number of hydrogen-bond donors (Lipinski definition) is 0. The Bertz CT molecular complexity index is 78.9. The van der Waals surface area contributed by atoms with E-state index < -0.39 is 0 Å². The molecule has 0 radical (unpaired) electrons. The van der Waals surface area contributed by atoms with Crippen LogP contribution >= 0.6 is 11.8 Å². The molecular formula is C10H22S. The van der Waals surface area contributed by atoms with Gasteiger partial charge in [-0.1, -0.05) is 34.1 Å². The topological polar surface area (TPSA) is 0 Å². The molecule has 0 aliphatic carbocycles. The van der Waals surface area contributed by atoms with Gasteiger partial charge in [-0.15, -0.1) is 0 Å². The van der Waals surface area contributed by atoms with Crippen molar-refractivity contribution in [3.05, 3.63) is 0 Å². The van der Waals surface area contributed by atoms with Crippen molar-refractivity contribution in [2.45, 2.75) is 52.2 Å². The average molecular weight is 174 g/mol. The number of rotatable bonds is 6. The Kier molecular flexibility index (Phi) is 7.25. The second kappa shape index (κ2) is 7.02. The lowest BCUT2D eigenvalue weighted by atomic mass is 10.0. The minimum absolute atomic E-state index is 0.812. The zero-order valence-corrected chi connectivity index (χ0v) is 9.21. The van der Waals surface area contributed by atoms with Crippen molar-refractivity contribution >= 4 is 11.8 Å². The van der Waals surface area contributed by atoms with Crippen LogP contribution in [0.15, 0.2) is 0 Å². The lowest BCUT2D eigenvalue weighted by molar-refractivity contribution is 0.511. The lowest BCUT2D eigenvalue weighted by Crippen LogP contribution is -1.95. The first kappa shape index (κ1) is 11.4. The number of hydrogen-bond acceptors (Lipinski definition) is 1. The van der Waals surface area contributed by atoms with E-state index in [0.29, 0.717) is 0 Å². The van der Waals surface area contributed by atoms with E-state index in [-0.39, 0.29) is 0 Å². The third-order valence-electron chi connectivity index (χ3n) is 1.99. The van der Waals surface area contributed by atoms with Crippen LogP contribution in [0.4, 0.5) is 0 Å². The molecule has 0 aliphatic rings. The van der Waals surface area contributed by atoms with E-state index in [1.54, 1.807) is 0 Å². The summed E-state index contributed by atoms with van der Waals surface area (Å²) in [5.41, 5.74) is 0. The summed E-state index contributed by atoms with van der Waals surface area (Å²) in [7, 11) is 0. The van der Waals surface area contributed by atoms with Crippen molar-refractivity contribution in [1.29, 1.82) is 0 Å². The van der Waals surface area contributed by atoms with Crippen LogP contribution in [-0.2, 0) is 0 Å². The van der Waals surface area contributed by atoms with Gasteiger partial charge in [0.05, 0.1) is 0 Å². The first-order chi connectivity index (χ1) is 5.16. The summed E-state index contributed by atoms with van der Waals surface area (Å²) in [5, 5.41) is 0.812. The van der Waals surface area contributed by atoms with Crippen LogP contribution < -0.4 is 0 Å². The Morgan fingerprint density at radius 2 is 1.82 bits per heavy atom. The fourth-order valence-electron chi connectivity index (χ4n) is 0.955. The van der Waals surface area contributed by atoms with E-state index in [1.807, 2.05) is 0 Å². The van der Waals surface area contributed by atoms with Crippen LogP contribution in [0.3, 0.4) is 0 Å². The van der Waals surface area contributed by atoms with Crippen LogP contribution in [0.25, 0.3) is 0 Å². The summed E-state index contributed by atoms with van der Waals surface area (Å²) in [5.74, 6) is 2.28.